The molecular formula is C14H17BrN2O3. The summed E-state index contributed by atoms with van der Waals surface area (Å²) in [6.07, 6.45) is 0.923. The van der Waals surface area contributed by atoms with Gasteiger partial charge < -0.3 is 14.6 Å². The van der Waals surface area contributed by atoms with Crippen molar-refractivity contribution in [2.24, 2.45) is 0 Å². The minimum Gasteiger partial charge on any atom is -0.497 e. The predicted octanol–water partition coefficient (Wildman–Crippen LogP) is 2.38. The molecule has 1 N–H and O–H groups in total. The molecule has 2 aromatic rings. The van der Waals surface area contributed by atoms with Crippen LogP contribution in [0.25, 0.3) is 0 Å². The molecule has 2 rings (SSSR count). The van der Waals surface area contributed by atoms with Crippen LogP contribution in [0.3, 0.4) is 0 Å². The molecule has 1 heterocycles. The lowest BCUT2D eigenvalue weighted by atomic mass is 10.1. The van der Waals surface area contributed by atoms with Crippen LogP contribution in [0.4, 0.5) is 0 Å². The summed E-state index contributed by atoms with van der Waals surface area (Å²) in [4.78, 5) is 0. The van der Waals surface area contributed by atoms with Crippen molar-refractivity contribution in [1.82, 2.24) is 9.78 Å². The van der Waals surface area contributed by atoms with E-state index in [4.69, 9.17) is 9.47 Å². The molecule has 0 bridgehead atoms. The average molecular weight is 341 g/mol. The van der Waals surface area contributed by atoms with Gasteiger partial charge in [-0.2, -0.15) is 5.10 Å². The van der Waals surface area contributed by atoms with E-state index in [0.717, 1.165) is 15.8 Å². The molecule has 0 fully saturated rings. The molecule has 1 atom stereocenters. The molecule has 1 unspecified atom stereocenters. The van der Waals surface area contributed by atoms with Gasteiger partial charge in [-0.15, -0.1) is 0 Å². The molecule has 20 heavy (non-hydrogen) atoms. The second kappa shape index (κ2) is 6.88. The second-order valence-corrected chi connectivity index (χ2v) is 5.12. The molecule has 5 nitrogen and oxygen atoms in total. The fraction of sp³-hybridized carbons (Fsp3) is 0.357. The Hall–Kier alpha value is -1.37. The molecule has 0 spiro atoms. The van der Waals surface area contributed by atoms with Crippen LogP contribution >= 0.6 is 15.9 Å². The zero-order valence-electron chi connectivity index (χ0n) is 11.4. The zero-order valence-corrected chi connectivity index (χ0v) is 13.0. The highest BCUT2D eigenvalue weighted by molar-refractivity contribution is 9.10. The van der Waals surface area contributed by atoms with E-state index in [0.29, 0.717) is 18.8 Å². The van der Waals surface area contributed by atoms with Gasteiger partial charge in [0.05, 0.1) is 36.6 Å². The van der Waals surface area contributed by atoms with Crippen LogP contribution in [-0.2, 0) is 11.3 Å². The quantitative estimate of drug-likeness (QED) is 0.877. The molecular weight excluding hydrogens is 324 g/mol. The van der Waals surface area contributed by atoms with Crippen molar-refractivity contribution < 1.29 is 14.6 Å². The van der Waals surface area contributed by atoms with E-state index in [9.17, 15) is 5.11 Å². The van der Waals surface area contributed by atoms with E-state index in [2.05, 4.69) is 21.0 Å². The number of aliphatic hydroxyl groups excluding tert-OH is 1. The van der Waals surface area contributed by atoms with Crippen LogP contribution in [0.15, 0.2) is 34.9 Å². The molecule has 1 aromatic heterocycles. The van der Waals surface area contributed by atoms with Gasteiger partial charge in [-0.25, -0.2) is 0 Å². The van der Waals surface area contributed by atoms with Crippen LogP contribution in [0.1, 0.15) is 17.4 Å². The Labute approximate surface area is 126 Å². The molecule has 0 aliphatic rings. The lowest BCUT2D eigenvalue weighted by Crippen LogP contribution is -2.13. The van der Waals surface area contributed by atoms with Crippen LogP contribution in [0, 0.1) is 0 Å². The maximum Gasteiger partial charge on any atom is 0.122 e. The Morgan fingerprint density at radius 3 is 2.60 bits per heavy atom. The van der Waals surface area contributed by atoms with Gasteiger partial charge in [-0.05, 0) is 33.6 Å². The van der Waals surface area contributed by atoms with Crippen molar-refractivity contribution in [3.05, 3.63) is 46.2 Å². The van der Waals surface area contributed by atoms with Gasteiger partial charge in [0.2, 0.25) is 0 Å². The Bertz CT molecular complexity index is 554. The maximum atomic E-state index is 10.5. The number of hydrogen-bond donors (Lipinski definition) is 1. The molecule has 0 saturated heterocycles. The monoisotopic (exact) mass is 340 g/mol. The van der Waals surface area contributed by atoms with E-state index in [-0.39, 0.29) is 0 Å². The first-order valence-corrected chi connectivity index (χ1v) is 6.98. The minimum absolute atomic E-state index is 0.538. The van der Waals surface area contributed by atoms with Gasteiger partial charge in [0.15, 0.2) is 0 Å². The van der Waals surface area contributed by atoms with Crippen molar-refractivity contribution in [1.29, 1.82) is 0 Å². The summed E-state index contributed by atoms with van der Waals surface area (Å²) < 4.78 is 12.7. The molecule has 0 radical (unpaired) electrons. The summed E-state index contributed by atoms with van der Waals surface area (Å²) in [5.41, 5.74) is 1.50. The van der Waals surface area contributed by atoms with Gasteiger partial charge in [0, 0.05) is 7.11 Å². The van der Waals surface area contributed by atoms with Crippen molar-refractivity contribution in [2.75, 3.05) is 20.8 Å². The lowest BCUT2D eigenvalue weighted by molar-refractivity contribution is 0.171. The molecule has 1 aromatic carbocycles. The smallest absolute Gasteiger partial charge is 0.122 e. The normalized spacial score (nSPS) is 12.4. The first kappa shape index (κ1) is 15.0. The highest BCUT2D eigenvalue weighted by Gasteiger charge is 2.19. The summed E-state index contributed by atoms with van der Waals surface area (Å²) in [6.45, 7) is 1.13. The standard InChI is InChI=1S/C14H17BrN2O3/c1-19-8-7-17-13(12(15)9-16-17)14(18)10-3-5-11(20-2)6-4-10/h3-6,9,14,18H,7-8H2,1-2H3. The molecule has 0 saturated carbocycles. The SMILES string of the molecule is COCCn1ncc(Br)c1C(O)c1ccc(OC)cc1. The number of benzene rings is 1. The maximum absolute atomic E-state index is 10.5. The lowest BCUT2D eigenvalue weighted by Gasteiger charge is -2.15. The molecule has 108 valence electrons. The molecule has 0 aliphatic heterocycles. The van der Waals surface area contributed by atoms with Gasteiger partial charge in [-0.3, -0.25) is 4.68 Å². The summed E-state index contributed by atoms with van der Waals surface area (Å²) in [5, 5.41) is 14.8. The van der Waals surface area contributed by atoms with Crippen molar-refractivity contribution >= 4 is 15.9 Å². The summed E-state index contributed by atoms with van der Waals surface area (Å²) in [5.74, 6) is 0.757. The van der Waals surface area contributed by atoms with Crippen LogP contribution in [0.5, 0.6) is 5.75 Å². The second-order valence-electron chi connectivity index (χ2n) is 4.27. The third kappa shape index (κ3) is 3.20. The number of halogens is 1. The first-order chi connectivity index (χ1) is 9.67. The fourth-order valence-electron chi connectivity index (χ4n) is 1.94. The van der Waals surface area contributed by atoms with Gasteiger partial charge in [0.1, 0.15) is 11.9 Å². The van der Waals surface area contributed by atoms with E-state index in [1.807, 2.05) is 24.3 Å². The Morgan fingerprint density at radius 1 is 1.30 bits per heavy atom. The molecule has 6 heteroatoms. The largest absolute Gasteiger partial charge is 0.497 e. The Kier molecular flexibility index (Phi) is 5.17. The van der Waals surface area contributed by atoms with Crippen LogP contribution in [-0.4, -0.2) is 35.7 Å². The van der Waals surface area contributed by atoms with E-state index >= 15 is 0 Å². The summed E-state index contributed by atoms with van der Waals surface area (Å²) >= 11 is 3.43. The third-order valence-electron chi connectivity index (χ3n) is 3.03. The summed E-state index contributed by atoms with van der Waals surface area (Å²) in [6, 6.07) is 7.32. The van der Waals surface area contributed by atoms with Crippen LogP contribution in [0.2, 0.25) is 0 Å². The summed E-state index contributed by atoms with van der Waals surface area (Å²) in [7, 11) is 3.25. The van der Waals surface area contributed by atoms with E-state index in [1.54, 1.807) is 25.1 Å². The Morgan fingerprint density at radius 2 is 2.00 bits per heavy atom. The minimum atomic E-state index is -0.755. The fourth-order valence-corrected chi connectivity index (χ4v) is 2.46. The average Bonchev–Trinajstić information content (AvgIpc) is 2.85. The highest BCUT2D eigenvalue weighted by Crippen LogP contribution is 2.29. The molecule has 0 amide bonds. The van der Waals surface area contributed by atoms with Crippen molar-refractivity contribution in [2.45, 2.75) is 12.6 Å². The highest BCUT2D eigenvalue weighted by atomic mass is 79.9. The first-order valence-electron chi connectivity index (χ1n) is 6.19. The zero-order chi connectivity index (χ0) is 14.5. The van der Waals surface area contributed by atoms with Gasteiger partial charge in [0.25, 0.3) is 0 Å². The van der Waals surface area contributed by atoms with E-state index < -0.39 is 6.10 Å². The van der Waals surface area contributed by atoms with Gasteiger partial charge >= 0.3 is 0 Å². The van der Waals surface area contributed by atoms with Gasteiger partial charge in [-0.1, -0.05) is 12.1 Å². The van der Waals surface area contributed by atoms with E-state index in [1.165, 1.54) is 0 Å². The Balaban J connectivity index is 2.26. The predicted molar refractivity (Wildman–Crippen MR) is 78.9 cm³/mol. The molecule has 0 aliphatic carbocycles. The number of nitrogens with zero attached hydrogens (tertiary/aromatic N) is 2. The number of aliphatic hydroxyl groups is 1. The number of aromatic nitrogens is 2. The topological polar surface area (TPSA) is 56.5 Å². The number of ether oxygens (including phenoxy) is 2. The number of hydrogen-bond acceptors (Lipinski definition) is 4. The number of rotatable bonds is 6. The van der Waals surface area contributed by atoms with Crippen molar-refractivity contribution in [3.63, 3.8) is 0 Å². The van der Waals surface area contributed by atoms with Crippen LogP contribution < -0.4 is 4.74 Å². The third-order valence-corrected chi connectivity index (χ3v) is 3.64. The number of methoxy groups -OCH3 is 2. The van der Waals surface area contributed by atoms with Crippen molar-refractivity contribution in [3.8, 4) is 5.75 Å².